The molecule has 1 aromatic carbocycles. The monoisotopic (exact) mass is 401 g/mol. The second-order valence-electron chi connectivity index (χ2n) is 6.93. The lowest BCUT2D eigenvalue weighted by atomic mass is 9.96. The molecule has 1 aliphatic heterocycles. The highest BCUT2D eigenvalue weighted by Crippen LogP contribution is 2.19. The Morgan fingerprint density at radius 3 is 2.70 bits per heavy atom. The maximum atomic E-state index is 12.1. The highest BCUT2D eigenvalue weighted by atomic mass is 32.2. The van der Waals surface area contributed by atoms with Crippen LogP contribution in [0.5, 0.6) is 0 Å². The second-order valence-corrected chi connectivity index (χ2v) is 8.87. The molecule has 1 saturated heterocycles. The summed E-state index contributed by atoms with van der Waals surface area (Å²) in [6.07, 6.45) is 7.82. The fourth-order valence-corrected chi connectivity index (χ4v) is 4.26. The first-order valence-corrected chi connectivity index (χ1v) is 11.5. The van der Waals surface area contributed by atoms with Crippen LogP contribution in [0, 0.1) is 12.8 Å². The molecular formula is C21H27N3OS2. The van der Waals surface area contributed by atoms with Gasteiger partial charge in [0.25, 0.3) is 0 Å². The first kappa shape index (κ1) is 20.1. The topological polar surface area (TPSA) is 45.2 Å². The van der Waals surface area contributed by atoms with E-state index in [4.69, 9.17) is 0 Å². The maximum absolute atomic E-state index is 12.1. The molecule has 1 N–H and O–H groups in total. The number of nitrogens with one attached hydrogen (secondary N) is 1. The molecule has 27 heavy (non-hydrogen) atoms. The number of nitrogens with zero attached hydrogens (tertiary/aromatic N) is 2. The van der Waals surface area contributed by atoms with E-state index in [-0.39, 0.29) is 5.91 Å². The van der Waals surface area contributed by atoms with Crippen molar-refractivity contribution in [2.45, 2.75) is 31.2 Å². The van der Waals surface area contributed by atoms with Gasteiger partial charge in [0.2, 0.25) is 5.91 Å². The molecule has 0 aliphatic carbocycles. The Kier molecular flexibility index (Phi) is 7.50. The largest absolute Gasteiger partial charge is 0.352 e. The number of thiazole rings is 1. The molecular weight excluding hydrogens is 374 g/mol. The number of piperidine rings is 1. The van der Waals surface area contributed by atoms with Crippen molar-refractivity contribution < 1.29 is 4.79 Å². The number of likely N-dealkylation sites (tertiary alicyclic amines) is 1. The molecule has 0 saturated carbocycles. The molecule has 1 aliphatic rings. The molecule has 2 aromatic rings. The molecule has 2 heterocycles. The van der Waals surface area contributed by atoms with Crippen LogP contribution < -0.4 is 5.32 Å². The number of hydrogen-bond donors (Lipinski definition) is 1. The number of amides is 1. The summed E-state index contributed by atoms with van der Waals surface area (Å²) in [5, 5.41) is 6.34. The van der Waals surface area contributed by atoms with Crippen molar-refractivity contribution >= 4 is 35.1 Å². The van der Waals surface area contributed by atoms with Crippen LogP contribution in [0.3, 0.4) is 0 Å². The first-order chi connectivity index (χ1) is 13.1. The third-order valence-electron chi connectivity index (χ3n) is 4.87. The minimum absolute atomic E-state index is 0.00989. The average Bonchev–Trinajstić information content (AvgIpc) is 3.11. The average molecular weight is 402 g/mol. The third kappa shape index (κ3) is 6.48. The maximum Gasteiger partial charge on any atom is 0.244 e. The Bertz CT molecular complexity index is 762. The molecule has 0 radical (unpaired) electrons. The molecule has 1 aromatic heterocycles. The SMILES string of the molecule is CSc1ccc(/C=C/C(=O)NCC2CCN(Cc3csc(C)n3)CC2)cc1. The van der Waals surface area contributed by atoms with E-state index in [0.29, 0.717) is 5.92 Å². The van der Waals surface area contributed by atoms with E-state index in [2.05, 4.69) is 45.9 Å². The summed E-state index contributed by atoms with van der Waals surface area (Å²) in [6, 6.07) is 8.22. The van der Waals surface area contributed by atoms with Crippen LogP contribution in [0.1, 0.15) is 29.1 Å². The van der Waals surface area contributed by atoms with Crippen molar-refractivity contribution in [3.05, 3.63) is 52.0 Å². The Morgan fingerprint density at radius 1 is 1.33 bits per heavy atom. The van der Waals surface area contributed by atoms with Gasteiger partial charge in [0, 0.05) is 29.4 Å². The van der Waals surface area contributed by atoms with Gasteiger partial charge < -0.3 is 5.32 Å². The van der Waals surface area contributed by atoms with Gasteiger partial charge in [0.05, 0.1) is 10.7 Å². The van der Waals surface area contributed by atoms with E-state index in [0.717, 1.165) is 49.6 Å². The van der Waals surface area contributed by atoms with Crippen LogP contribution in [0.2, 0.25) is 0 Å². The van der Waals surface area contributed by atoms with Crippen molar-refractivity contribution in [2.24, 2.45) is 5.92 Å². The number of aryl methyl sites for hydroxylation is 1. The Morgan fingerprint density at radius 2 is 2.07 bits per heavy atom. The van der Waals surface area contributed by atoms with E-state index in [9.17, 15) is 4.79 Å². The van der Waals surface area contributed by atoms with Gasteiger partial charge in [0.1, 0.15) is 0 Å². The number of hydrogen-bond acceptors (Lipinski definition) is 5. The van der Waals surface area contributed by atoms with E-state index in [1.165, 1.54) is 10.6 Å². The molecule has 6 heteroatoms. The number of benzene rings is 1. The Labute approximate surface area is 170 Å². The van der Waals surface area contributed by atoms with Gasteiger partial charge in [-0.25, -0.2) is 4.98 Å². The van der Waals surface area contributed by atoms with Crippen LogP contribution in [0.4, 0.5) is 0 Å². The van der Waals surface area contributed by atoms with E-state index in [1.54, 1.807) is 29.2 Å². The lowest BCUT2D eigenvalue weighted by Crippen LogP contribution is -2.38. The van der Waals surface area contributed by atoms with Crippen molar-refractivity contribution in [1.82, 2.24) is 15.2 Å². The van der Waals surface area contributed by atoms with E-state index in [1.807, 2.05) is 18.2 Å². The van der Waals surface area contributed by atoms with E-state index < -0.39 is 0 Å². The first-order valence-electron chi connectivity index (χ1n) is 9.35. The molecule has 3 rings (SSSR count). The van der Waals surface area contributed by atoms with Gasteiger partial charge in [-0.15, -0.1) is 23.1 Å². The summed E-state index contributed by atoms with van der Waals surface area (Å²) in [6.45, 7) is 5.92. The van der Waals surface area contributed by atoms with Gasteiger partial charge in [-0.05, 0) is 68.8 Å². The fraction of sp³-hybridized carbons (Fsp3) is 0.429. The van der Waals surface area contributed by atoms with Crippen molar-refractivity contribution in [3.63, 3.8) is 0 Å². The van der Waals surface area contributed by atoms with Crippen LogP contribution in [-0.4, -0.2) is 41.7 Å². The minimum Gasteiger partial charge on any atom is -0.352 e. The zero-order valence-corrected chi connectivity index (χ0v) is 17.6. The lowest BCUT2D eigenvalue weighted by molar-refractivity contribution is -0.116. The molecule has 0 spiro atoms. The molecule has 0 unspecified atom stereocenters. The summed E-state index contributed by atoms with van der Waals surface area (Å²) in [7, 11) is 0. The summed E-state index contributed by atoms with van der Waals surface area (Å²) in [5.41, 5.74) is 2.23. The van der Waals surface area contributed by atoms with Gasteiger partial charge in [0.15, 0.2) is 0 Å². The van der Waals surface area contributed by atoms with Gasteiger partial charge in [-0.2, -0.15) is 0 Å². The summed E-state index contributed by atoms with van der Waals surface area (Å²) in [5.74, 6) is 0.556. The molecule has 1 amide bonds. The van der Waals surface area contributed by atoms with Crippen molar-refractivity contribution in [1.29, 1.82) is 0 Å². The van der Waals surface area contributed by atoms with E-state index >= 15 is 0 Å². The number of carbonyl (C=O) groups excluding carboxylic acids is 1. The highest BCUT2D eigenvalue weighted by Gasteiger charge is 2.20. The van der Waals surface area contributed by atoms with Gasteiger partial charge in [-0.3, -0.25) is 9.69 Å². The zero-order chi connectivity index (χ0) is 19.1. The predicted octanol–water partition coefficient (Wildman–Crippen LogP) is 4.22. The summed E-state index contributed by atoms with van der Waals surface area (Å²) < 4.78 is 0. The zero-order valence-electron chi connectivity index (χ0n) is 16.0. The number of thioether (sulfide) groups is 1. The standard InChI is InChI=1S/C21H27N3OS2/c1-16-23-19(15-27-16)14-24-11-9-18(10-12-24)13-22-21(25)8-5-17-3-6-20(26-2)7-4-17/h3-8,15,18H,9-14H2,1-2H3,(H,22,25)/b8-5+. The number of rotatable bonds is 7. The quantitative estimate of drug-likeness (QED) is 0.557. The normalized spacial score (nSPS) is 16.1. The number of aromatic nitrogens is 1. The predicted molar refractivity (Wildman–Crippen MR) is 115 cm³/mol. The molecule has 4 nitrogen and oxygen atoms in total. The van der Waals surface area contributed by atoms with Crippen LogP contribution in [0.15, 0.2) is 40.6 Å². The van der Waals surface area contributed by atoms with Crippen LogP contribution in [-0.2, 0) is 11.3 Å². The summed E-state index contributed by atoms with van der Waals surface area (Å²) in [4.78, 5) is 20.3. The van der Waals surface area contributed by atoms with Crippen LogP contribution in [0.25, 0.3) is 6.08 Å². The smallest absolute Gasteiger partial charge is 0.244 e. The Balaban J connectivity index is 1.36. The number of carbonyl (C=O) groups is 1. The van der Waals surface area contributed by atoms with Crippen molar-refractivity contribution in [2.75, 3.05) is 25.9 Å². The molecule has 1 fully saturated rings. The fourth-order valence-electron chi connectivity index (χ4n) is 3.25. The molecule has 0 bridgehead atoms. The second kappa shape index (κ2) is 10.1. The molecule has 144 valence electrons. The minimum atomic E-state index is -0.00989. The lowest BCUT2D eigenvalue weighted by Gasteiger charge is -2.31. The molecule has 0 atom stereocenters. The highest BCUT2D eigenvalue weighted by molar-refractivity contribution is 7.98. The van der Waals surface area contributed by atoms with Gasteiger partial charge >= 0.3 is 0 Å². The van der Waals surface area contributed by atoms with Crippen molar-refractivity contribution in [3.8, 4) is 0 Å². The Hall–Kier alpha value is -1.63. The summed E-state index contributed by atoms with van der Waals surface area (Å²) >= 11 is 3.43. The van der Waals surface area contributed by atoms with Gasteiger partial charge in [-0.1, -0.05) is 12.1 Å². The van der Waals surface area contributed by atoms with Crippen LogP contribution >= 0.6 is 23.1 Å². The third-order valence-corrected chi connectivity index (χ3v) is 6.43.